The molecule has 10 heteroatoms. The van der Waals surface area contributed by atoms with Crippen molar-refractivity contribution in [2.24, 2.45) is 0 Å². The Morgan fingerprint density at radius 3 is 2.23 bits per heavy atom. The number of aromatic nitrogens is 1. The molecule has 1 heterocycles. The fraction of sp³-hybridized carbons (Fsp3) is 0.438. The average Bonchev–Trinajstić information content (AvgIpc) is 2.92. The van der Waals surface area contributed by atoms with Gasteiger partial charge in [0.2, 0.25) is 10.0 Å². The molecule has 8 nitrogen and oxygen atoms in total. The zero-order valence-corrected chi connectivity index (χ0v) is 16.8. The van der Waals surface area contributed by atoms with E-state index in [9.17, 15) is 16.8 Å². The minimum Gasteiger partial charge on any atom is -0.360 e. The van der Waals surface area contributed by atoms with Crippen molar-refractivity contribution in [1.82, 2.24) is 9.46 Å². The third kappa shape index (κ3) is 4.25. The number of benzene rings is 1. The second kappa shape index (κ2) is 7.77. The van der Waals surface area contributed by atoms with Crippen molar-refractivity contribution in [2.75, 3.05) is 18.3 Å². The number of sulfonamides is 2. The van der Waals surface area contributed by atoms with Gasteiger partial charge in [0.05, 0.1) is 4.90 Å². The van der Waals surface area contributed by atoms with E-state index in [0.717, 1.165) is 12.8 Å². The number of hydrogen-bond acceptors (Lipinski definition) is 6. The third-order valence-electron chi connectivity index (χ3n) is 3.88. The van der Waals surface area contributed by atoms with Crippen LogP contribution in [-0.2, 0) is 20.0 Å². The summed E-state index contributed by atoms with van der Waals surface area (Å²) in [7, 11) is -5.94. The van der Waals surface area contributed by atoms with Crippen LogP contribution in [0.2, 0.25) is 0 Å². The Hall–Kier alpha value is -1.91. The molecular weight excluding hydrogens is 378 g/mol. The largest absolute Gasteiger partial charge is 0.360 e. The van der Waals surface area contributed by atoms with Gasteiger partial charge in [-0.15, -0.1) is 0 Å². The molecule has 0 fully saturated rings. The zero-order chi connectivity index (χ0) is 19.5. The minimum absolute atomic E-state index is 0.0199. The highest BCUT2D eigenvalue weighted by Crippen LogP contribution is 2.24. The van der Waals surface area contributed by atoms with Gasteiger partial charge in [-0.2, -0.15) is 0 Å². The summed E-state index contributed by atoms with van der Waals surface area (Å²) in [6.45, 7) is 5.46. The average molecular weight is 402 g/mol. The predicted octanol–water partition coefficient (Wildman–Crippen LogP) is 2.51. The van der Waals surface area contributed by atoms with Gasteiger partial charge < -0.3 is 4.52 Å². The van der Waals surface area contributed by atoms with Gasteiger partial charge in [-0.1, -0.05) is 18.5 Å². The van der Waals surface area contributed by atoms with Gasteiger partial charge in [0.1, 0.15) is 5.69 Å². The minimum atomic E-state index is -3.87. The molecule has 0 bridgehead atoms. The first-order chi connectivity index (χ1) is 12.1. The molecule has 2 rings (SSSR count). The smallest absolute Gasteiger partial charge is 0.267 e. The second-order valence-corrected chi connectivity index (χ2v) is 9.63. The Kier molecular flexibility index (Phi) is 6.09. The maximum absolute atomic E-state index is 12.5. The quantitative estimate of drug-likeness (QED) is 0.728. The van der Waals surface area contributed by atoms with E-state index < -0.39 is 20.0 Å². The summed E-state index contributed by atoms with van der Waals surface area (Å²) in [4.78, 5) is 0.0879. The summed E-state index contributed by atoms with van der Waals surface area (Å²) < 4.78 is 58.5. The molecule has 0 unspecified atom stereocenters. The van der Waals surface area contributed by atoms with Crippen molar-refractivity contribution in [2.45, 2.75) is 43.4 Å². The fourth-order valence-electron chi connectivity index (χ4n) is 2.44. The van der Waals surface area contributed by atoms with Crippen LogP contribution in [0.15, 0.2) is 38.6 Å². The zero-order valence-electron chi connectivity index (χ0n) is 15.2. The molecule has 0 aliphatic heterocycles. The molecule has 0 spiro atoms. The van der Waals surface area contributed by atoms with Crippen LogP contribution in [0.4, 0.5) is 5.69 Å². The van der Waals surface area contributed by atoms with Gasteiger partial charge in [-0.25, -0.2) is 21.1 Å². The maximum atomic E-state index is 12.5. The highest BCUT2D eigenvalue weighted by atomic mass is 32.2. The summed E-state index contributed by atoms with van der Waals surface area (Å²) in [5.74, 6) is 0.187. The van der Waals surface area contributed by atoms with Crippen molar-refractivity contribution in [3.05, 3.63) is 35.7 Å². The first-order valence-corrected chi connectivity index (χ1v) is 11.0. The maximum Gasteiger partial charge on any atom is 0.267 e. The summed E-state index contributed by atoms with van der Waals surface area (Å²) in [6, 6.07) is 5.58. The van der Waals surface area contributed by atoms with Gasteiger partial charge in [-0.3, -0.25) is 4.72 Å². The molecule has 1 aromatic carbocycles. The van der Waals surface area contributed by atoms with Crippen LogP contribution < -0.4 is 4.72 Å². The molecule has 1 N–H and O–H groups in total. The molecule has 0 aliphatic rings. The van der Waals surface area contributed by atoms with Crippen LogP contribution in [0.1, 0.15) is 31.2 Å². The summed E-state index contributed by atoms with van der Waals surface area (Å²) in [6.07, 6.45) is 1.66. The third-order valence-corrected chi connectivity index (χ3v) is 7.37. The number of aryl methyl sites for hydroxylation is 2. The van der Waals surface area contributed by atoms with E-state index >= 15 is 0 Å². The number of rotatable bonds is 8. The lowest BCUT2D eigenvalue weighted by Gasteiger charge is -2.17. The molecule has 26 heavy (non-hydrogen) atoms. The van der Waals surface area contributed by atoms with Gasteiger partial charge in [0.15, 0.2) is 10.7 Å². The van der Waals surface area contributed by atoms with E-state index in [0.29, 0.717) is 6.54 Å². The second-order valence-electron chi connectivity index (χ2n) is 5.96. The van der Waals surface area contributed by atoms with Gasteiger partial charge in [-0.05, 0) is 44.5 Å². The highest BCUT2D eigenvalue weighted by Gasteiger charge is 2.25. The lowest BCUT2D eigenvalue weighted by molar-refractivity contribution is 0.390. The molecular formula is C16H23N3O5S2. The number of hydrogen-bond donors (Lipinski definition) is 1. The van der Waals surface area contributed by atoms with Crippen molar-refractivity contribution < 1.29 is 21.4 Å². The van der Waals surface area contributed by atoms with Gasteiger partial charge >= 0.3 is 0 Å². The van der Waals surface area contributed by atoms with Crippen LogP contribution in [-0.4, -0.2) is 39.9 Å². The Labute approximate surface area is 154 Å². The van der Waals surface area contributed by atoms with E-state index in [1.54, 1.807) is 0 Å². The van der Waals surface area contributed by atoms with Crippen LogP contribution in [0.3, 0.4) is 0 Å². The number of nitrogens with one attached hydrogen (secondary N) is 1. The van der Waals surface area contributed by atoms with Gasteiger partial charge in [0, 0.05) is 19.3 Å². The Morgan fingerprint density at radius 1 is 1.12 bits per heavy atom. The van der Waals surface area contributed by atoms with Crippen molar-refractivity contribution in [3.63, 3.8) is 0 Å². The Bertz CT molecular complexity index is 944. The first-order valence-electron chi connectivity index (χ1n) is 8.11. The molecule has 144 valence electrons. The first kappa shape index (κ1) is 20.4. The SMILES string of the molecule is CCCCN(C)S(=O)(=O)c1ccc(NS(=O)(=O)c2c(C)noc2C)cc1. The summed E-state index contributed by atoms with van der Waals surface area (Å²) in [5, 5.41) is 3.64. The standard InChI is InChI=1S/C16H23N3O5S2/c1-5-6-11-19(4)26(22,23)15-9-7-14(8-10-15)18-25(20,21)16-12(2)17-24-13(16)3/h7-10,18H,5-6,11H2,1-4H3. The van der Waals surface area contributed by atoms with E-state index in [4.69, 9.17) is 4.52 Å². The number of unbranched alkanes of at least 4 members (excludes halogenated alkanes) is 1. The molecule has 0 atom stereocenters. The highest BCUT2D eigenvalue weighted by molar-refractivity contribution is 7.92. The fourth-order valence-corrected chi connectivity index (χ4v) is 5.04. The van der Waals surface area contributed by atoms with E-state index in [1.807, 2.05) is 6.92 Å². The molecule has 2 aromatic rings. The van der Waals surface area contributed by atoms with Crippen molar-refractivity contribution in [3.8, 4) is 0 Å². The van der Waals surface area contributed by atoms with Crippen LogP contribution in [0.5, 0.6) is 0 Å². The molecule has 0 aliphatic carbocycles. The molecule has 0 saturated carbocycles. The molecule has 0 radical (unpaired) electrons. The lowest BCUT2D eigenvalue weighted by Crippen LogP contribution is -2.27. The normalized spacial score (nSPS) is 12.5. The topological polar surface area (TPSA) is 110 Å². The number of nitrogens with zero attached hydrogens (tertiary/aromatic N) is 2. The Balaban J connectivity index is 2.22. The lowest BCUT2D eigenvalue weighted by atomic mass is 10.3. The Morgan fingerprint density at radius 2 is 1.73 bits per heavy atom. The molecule has 0 saturated heterocycles. The number of anilines is 1. The van der Waals surface area contributed by atoms with Crippen LogP contribution >= 0.6 is 0 Å². The van der Waals surface area contributed by atoms with Crippen molar-refractivity contribution >= 4 is 25.7 Å². The van der Waals surface area contributed by atoms with Crippen molar-refractivity contribution in [1.29, 1.82) is 0 Å². The summed E-state index contributed by atoms with van der Waals surface area (Å²) >= 11 is 0. The van der Waals surface area contributed by atoms with E-state index in [1.165, 1.54) is 49.5 Å². The molecule has 0 amide bonds. The molecule has 1 aromatic heterocycles. The monoisotopic (exact) mass is 401 g/mol. The van der Waals surface area contributed by atoms with E-state index in [2.05, 4.69) is 9.88 Å². The summed E-state index contributed by atoms with van der Waals surface area (Å²) in [5.41, 5.74) is 0.506. The van der Waals surface area contributed by atoms with Crippen LogP contribution in [0, 0.1) is 13.8 Å². The van der Waals surface area contributed by atoms with Crippen LogP contribution in [0.25, 0.3) is 0 Å². The van der Waals surface area contributed by atoms with E-state index in [-0.39, 0.29) is 26.9 Å². The van der Waals surface area contributed by atoms with Gasteiger partial charge in [0.25, 0.3) is 10.0 Å². The predicted molar refractivity (Wildman–Crippen MR) is 98.0 cm³/mol.